The topological polar surface area (TPSA) is 80.5 Å². The fraction of sp³-hybridized carbons (Fsp3) is 0.125. The second kappa shape index (κ2) is 6.58. The van der Waals surface area contributed by atoms with Gasteiger partial charge in [-0.15, -0.1) is 11.3 Å². The van der Waals surface area contributed by atoms with E-state index in [0.29, 0.717) is 10.5 Å². The van der Waals surface area contributed by atoms with Crippen molar-refractivity contribution in [2.75, 3.05) is 0 Å². The molecule has 122 valence electrons. The number of nitro benzene ring substituents is 1. The molecule has 1 saturated heterocycles. The summed E-state index contributed by atoms with van der Waals surface area (Å²) < 4.78 is 0. The third kappa shape index (κ3) is 3.39. The summed E-state index contributed by atoms with van der Waals surface area (Å²) in [5.41, 5.74) is 0.636. The van der Waals surface area contributed by atoms with E-state index in [0.717, 1.165) is 26.4 Å². The van der Waals surface area contributed by atoms with E-state index in [1.165, 1.54) is 12.1 Å². The molecule has 0 spiro atoms. The lowest BCUT2D eigenvalue weighted by Crippen LogP contribution is -2.27. The summed E-state index contributed by atoms with van der Waals surface area (Å²) in [6, 6.07) is 9.68. The number of carbonyl (C=O) groups excluding carboxylic acids is 2. The van der Waals surface area contributed by atoms with E-state index >= 15 is 0 Å². The van der Waals surface area contributed by atoms with Crippen molar-refractivity contribution in [3.63, 3.8) is 0 Å². The number of benzene rings is 1. The Morgan fingerprint density at radius 3 is 2.46 bits per heavy atom. The normalized spacial score (nSPS) is 16.2. The minimum absolute atomic E-state index is 0.0270. The van der Waals surface area contributed by atoms with Crippen molar-refractivity contribution in [2.24, 2.45) is 0 Å². The van der Waals surface area contributed by atoms with Gasteiger partial charge in [-0.2, -0.15) is 0 Å². The molecule has 1 aromatic carbocycles. The number of carbonyl (C=O) groups is 2. The van der Waals surface area contributed by atoms with Gasteiger partial charge in [-0.3, -0.25) is 24.6 Å². The van der Waals surface area contributed by atoms with Crippen LogP contribution in [0.3, 0.4) is 0 Å². The number of thiophene rings is 1. The quantitative estimate of drug-likeness (QED) is 0.464. The monoisotopic (exact) mass is 360 g/mol. The zero-order valence-corrected chi connectivity index (χ0v) is 14.2. The van der Waals surface area contributed by atoms with Gasteiger partial charge in [0.05, 0.1) is 16.4 Å². The number of hydrogen-bond acceptors (Lipinski definition) is 6. The Balaban J connectivity index is 1.77. The largest absolute Gasteiger partial charge is 0.293 e. The molecule has 0 atom stereocenters. The highest BCUT2D eigenvalue weighted by molar-refractivity contribution is 8.18. The van der Waals surface area contributed by atoms with Gasteiger partial charge in [-0.1, -0.05) is 12.1 Å². The van der Waals surface area contributed by atoms with Crippen LogP contribution in [0, 0.1) is 17.0 Å². The number of aryl methyl sites for hydroxylation is 1. The van der Waals surface area contributed by atoms with Crippen molar-refractivity contribution in [3.05, 3.63) is 66.7 Å². The van der Waals surface area contributed by atoms with Crippen LogP contribution < -0.4 is 0 Å². The van der Waals surface area contributed by atoms with Gasteiger partial charge < -0.3 is 0 Å². The van der Waals surface area contributed by atoms with Crippen molar-refractivity contribution in [3.8, 4) is 0 Å². The third-order valence-corrected chi connectivity index (χ3v) is 5.25. The molecule has 1 aliphatic rings. The standard InChI is InChI=1S/C16H12N2O4S2/c1-10-2-7-13(23-10)8-14-15(19)17(16(20)24-14)9-11-3-5-12(6-4-11)18(21)22/h2-8H,9H2,1H3/b14-8+. The van der Waals surface area contributed by atoms with E-state index in [-0.39, 0.29) is 23.4 Å². The summed E-state index contributed by atoms with van der Waals surface area (Å²) in [6.45, 7) is 2.08. The minimum Gasteiger partial charge on any atom is -0.268 e. The Morgan fingerprint density at radius 2 is 1.88 bits per heavy atom. The second-order valence-corrected chi connectivity index (χ2v) is 7.45. The Bertz CT molecular complexity index is 855. The Labute approximate surface area is 145 Å². The number of imide groups is 1. The van der Waals surface area contributed by atoms with Crippen molar-refractivity contribution in [2.45, 2.75) is 13.5 Å². The van der Waals surface area contributed by atoms with Crippen LogP contribution in [0.25, 0.3) is 6.08 Å². The number of hydrogen-bond donors (Lipinski definition) is 0. The smallest absolute Gasteiger partial charge is 0.268 e. The van der Waals surface area contributed by atoms with E-state index in [4.69, 9.17) is 0 Å². The van der Waals surface area contributed by atoms with Crippen LogP contribution in [0.2, 0.25) is 0 Å². The summed E-state index contributed by atoms with van der Waals surface area (Å²) in [5, 5.41) is 10.3. The van der Waals surface area contributed by atoms with Gasteiger partial charge >= 0.3 is 0 Å². The van der Waals surface area contributed by atoms with Crippen molar-refractivity contribution < 1.29 is 14.5 Å². The van der Waals surface area contributed by atoms with Gasteiger partial charge in [0.25, 0.3) is 16.8 Å². The van der Waals surface area contributed by atoms with Gasteiger partial charge in [-0.05, 0) is 42.5 Å². The lowest BCUT2D eigenvalue weighted by Gasteiger charge is -2.12. The van der Waals surface area contributed by atoms with E-state index in [1.54, 1.807) is 29.5 Å². The molecule has 0 aliphatic carbocycles. The van der Waals surface area contributed by atoms with Crippen LogP contribution in [-0.2, 0) is 11.3 Å². The van der Waals surface area contributed by atoms with Gasteiger partial charge in [0.1, 0.15) is 0 Å². The molecular weight excluding hydrogens is 348 g/mol. The molecule has 8 heteroatoms. The molecular formula is C16H12N2O4S2. The van der Waals surface area contributed by atoms with E-state index in [2.05, 4.69) is 0 Å². The number of thioether (sulfide) groups is 1. The van der Waals surface area contributed by atoms with Crippen LogP contribution in [0.5, 0.6) is 0 Å². The fourth-order valence-electron chi connectivity index (χ4n) is 2.20. The van der Waals surface area contributed by atoms with Crippen LogP contribution in [0.15, 0.2) is 41.3 Å². The first-order valence-corrected chi connectivity index (χ1v) is 8.62. The van der Waals surface area contributed by atoms with Gasteiger partial charge in [0.15, 0.2) is 0 Å². The third-order valence-electron chi connectivity index (χ3n) is 3.40. The van der Waals surface area contributed by atoms with Crippen LogP contribution in [0.4, 0.5) is 10.5 Å². The fourth-order valence-corrected chi connectivity index (χ4v) is 3.93. The van der Waals surface area contributed by atoms with E-state index < -0.39 is 4.92 Å². The maximum Gasteiger partial charge on any atom is 0.293 e. The van der Waals surface area contributed by atoms with Crippen molar-refractivity contribution in [1.82, 2.24) is 4.90 Å². The van der Waals surface area contributed by atoms with Crippen LogP contribution >= 0.6 is 23.1 Å². The molecule has 0 saturated carbocycles. The number of nitrogens with zero attached hydrogens (tertiary/aromatic N) is 2. The van der Waals surface area contributed by atoms with Crippen LogP contribution in [-0.4, -0.2) is 21.0 Å². The highest BCUT2D eigenvalue weighted by Crippen LogP contribution is 2.34. The molecule has 2 heterocycles. The molecule has 1 aromatic heterocycles. The Kier molecular flexibility index (Phi) is 4.50. The molecule has 0 N–H and O–H groups in total. The molecule has 24 heavy (non-hydrogen) atoms. The number of non-ortho nitro benzene ring substituents is 1. The highest BCUT2D eigenvalue weighted by atomic mass is 32.2. The van der Waals surface area contributed by atoms with Crippen LogP contribution in [0.1, 0.15) is 15.3 Å². The highest BCUT2D eigenvalue weighted by Gasteiger charge is 2.35. The molecule has 2 amide bonds. The summed E-state index contributed by atoms with van der Waals surface area (Å²) >= 11 is 2.46. The van der Waals surface area contributed by atoms with E-state index in [9.17, 15) is 19.7 Å². The molecule has 1 aliphatic heterocycles. The van der Waals surface area contributed by atoms with Crippen molar-refractivity contribution >= 4 is 46.0 Å². The lowest BCUT2D eigenvalue weighted by atomic mass is 10.2. The first-order valence-electron chi connectivity index (χ1n) is 6.99. The summed E-state index contributed by atoms with van der Waals surface area (Å²) in [4.78, 5) is 38.3. The molecule has 6 nitrogen and oxygen atoms in total. The molecule has 2 aromatic rings. The zero-order valence-electron chi connectivity index (χ0n) is 12.6. The number of amides is 2. The Morgan fingerprint density at radius 1 is 1.17 bits per heavy atom. The first-order chi connectivity index (χ1) is 11.4. The zero-order chi connectivity index (χ0) is 17.3. The van der Waals surface area contributed by atoms with E-state index in [1.807, 2.05) is 19.1 Å². The van der Waals surface area contributed by atoms with Gasteiger partial charge in [-0.25, -0.2) is 0 Å². The summed E-state index contributed by atoms with van der Waals surface area (Å²) in [7, 11) is 0. The average Bonchev–Trinajstić information content (AvgIpc) is 3.06. The van der Waals surface area contributed by atoms with Gasteiger partial charge in [0, 0.05) is 21.9 Å². The summed E-state index contributed by atoms with van der Waals surface area (Å²) in [5.74, 6) is -0.339. The second-order valence-electron chi connectivity index (χ2n) is 5.14. The maximum absolute atomic E-state index is 12.4. The SMILES string of the molecule is Cc1ccc(/C=C2/SC(=O)N(Cc3ccc([N+](=O)[O-])cc3)C2=O)s1. The predicted molar refractivity (Wildman–Crippen MR) is 93.7 cm³/mol. The molecule has 1 fully saturated rings. The Hall–Kier alpha value is -2.45. The first kappa shape index (κ1) is 16.4. The number of rotatable bonds is 4. The number of nitro groups is 1. The van der Waals surface area contributed by atoms with Crippen molar-refractivity contribution in [1.29, 1.82) is 0 Å². The molecule has 0 bridgehead atoms. The predicted octanol–water partition coefficient (Wildman–Crippen LogP) is 4.20. The molecule has 3 rings (SSSR count). The average molecular weight is 360 g/mol. The van der Waals surface area contributed by atoms with Gasteiger partial charge in [0.2, 0.25) is 0 Å². The lowest BCUT2D eigenvalue weighted by molar-refractivity contribution is -0.384. The minimum atomic E-state index is -0.490. The maximum atomic E-state index is 12.4. The summed E-state index contributed by atoms with van der Waals surface area (Å²) in [6.07, 6.45) is 1.72. The molecule has 0 unspecified atom stereocenters. The molecule has 0 radical (unpaired) electrons.